The number of hydrogen-bond donors (Lipinski definition) is 4. The van der Waals surface area contributed by atoms with Crippen molar-refractivity contribution < 1.29 is 24.6 Å². The number of amides is 2. The topological polar surface area (TPSA) is 116 Å². The van der Waals surface area contributed by atoms with Gasteiger partial charge in [0.2, 0.25) is 0 Å². The van der Waals surface area contributed by atoms with Crippen molar-refractivity contribution >= 4 is 29.3 Å². The molecule has 7 nitrogen and oxygen atoms in total. The van der Waals surface area contributed by atoms with E-state index >= 15 is 0 Å². The summed E-state index contributed by atoms with van der Waals surface area (Å²) in [7, 11) is 0. The van der Waals surface area contributed by atoms with Gasteiger partial charge in [-0.15, -0.1) is 11.3 Å². The zero-order chi connectivity index (χ0) is 15.7. The molecule has 1 aromatic heterocycles. The minimum absolute atomic E-state index is 0.0833. The summed E-state index contributed by atoms with van der Waals surface area (Å²) >= 11 is 1.59. The van der Waals surface area contributed by atoms with Gasteiger partial charge in [-0.1, -0.05) is 6.07 Å². The molecule has 2 amide bonds. The van der Waals surface area contributed by atoms with Crippen LogP contribution < -0.4 is 10.6 Å². The van der Waals surface area contributed by atoms with Crippen molar-refractivity contribution in [1.82, 2.24) is 10.6 Å². The van der Waals surface area contributed by atoms with Crippen molar-refractivity contribution in [3.05, 3.63) is 22.4 Å². The second-order valence-electron chi connectivity index (χ2n) is 4.41. The van der Waals surface area contributed by atoms with Crippen LogP contribution in [-0.4, -0.2) is 40.8 Å². The van der Waals surface area contributed by atoms with E-state index in [-0.39, 0.29) is 19.3 Å². The van der Waals surface area contributed by atoms with Gasteiger partial charge in [0.1, 0.15) is 6.04 Å². The molecule has 0 bridgehead atoms. The maximum atomic E-state index is 11.6. The first kappa shape index (κ1) is 17.0. The maximum absolute atomic E-state index is 11.6. The highest BCUT2D eigenvalue weighted by Gasteiger charge is 2.19. The summed E-state index contributed by atoms with van der Waals surface area (Å²) in [6.45, 7) is 0.411. The summed E-state index contributed by atoms with van der Waals surface area (Å²) in [5.74, 6) is -2.16. The van der Waals surface area contributed by atoms with E-state index in [1.165, 1.54) is 0 Å². The Hall–Kier alpha value is -2.09. The van der Waals surface area contributed by atoms with E-state index < -0.39 is 24.0 Å². The van der Waals surface area contributed by atoms with Gasteiger partial charge in [0, 0.05) is 17.8 Å². The average Bonchev–Trinajstić information content (AvgIpc) is 2.90. The fraction of sp³-hybridized carbons (Fsp3) is 0.462. The summed E-state index contributed by atoms with van der Waals surface area (Å²) in [6.07, 6.45) is 0.842. The van der Waals surface area contributed by atoms with Gasteiger partial charge in [-0.2, -0.15) is 0 Å². The van der Waals surface area contributed by atoms with Gasteiger partial charge < -0.3 is 20.8 Å². The Morgan fingerprint density at radius 1 is 1.29 bits per heavy atom. The SMILES string of the molecule is O=C(O)CCC[C@@H](NC(=O)NCCc1cccs1)C(=O)O. The summed E-state index contributed by atoms with van der Waals surface area (Å²) < 4.78 is 0. The molecule has 0 spiro atoms. The third-order valence-corrected chi connectivity index (χ3v) is 3.66. The van der Waals surface area contributed by atoms with E-state index in [2.05, 4.69) is 10.6 Å². The number of carboxylic acids is 2. The molecule has 4 N–H and O–H groups in total. The molecule has 0 unspecified atom stereocenters. The van der Waals surface area contributed by atoms with Gasteiger partial charge in [0.15, 0.2) is 0 Å². The van der Waals surface area contributed by atoms with E-state index in [4.69, 9.17) is 10.2 Å². The molecule has 0 saturated heterocycles. The smallest absolute Gasteiger partial charge is 0.326 e. The lowest BCUT2D eigenvalue weighted by Crippen LogP contribution is -2.46. The number of aliphatic carboxylic acids is 2. The molecule has 0 aromatic carbocycles. The van der Waals surface area contributed by atoms with Crippen molar-refractivity contribution in [1.29, 1.82) is 0 Å². The first-order valence-corrected chi connectivity index (χ1v) is 7.38. The Morgan fingerprint density at radius 3 is 2.62 bits per heavy atom. The Balaban J connectivity index is 2.27. The fourth-order valence-corrected chi connectivity index (χ4v) is 2.39. The van der Waals surface area contributed by atoms with Crippen molar-refractivity contribution in [3.63, 3.8) is 0 Å². The van der Waals surface area contributed by atoms with Crippen LogP contribution in [0.2, 0.25) is 0 Å². The summed E-state index contributed by atoms with van der Waals surface area (Å²) in [6, 6.07) is 2.24. The first-order chi connectivity index (χ1) is 9.99. The van der Waals surface area contributed by atoms with Crippen LogP contribution in [0.15, 0.2) is 17.5 Å². The van der Waals surface area contributed by atoms with E-state index in [0.29, 0.717) is 13.0 Å². The van der Waals surface area contributed by atoms with Gasteiger partial charge in [-0.25, -0.2) is 9.59 Å². The largest absolute Gasteiger partial charge is 0.481 e. The monoisotopic (exact) mass is 314 g/mol. The molecule has 1 aromatic rings. The molecule has 0 aliphatic carbocycles. The first-order valence-electron chi connectivity index (χ1n) is 6.50. The minimum Gasteiger partial charge on any atom is -0.481 e. The van der Waals surface area contributed by atoms with Crippen molar-refractivity contribution in [2.24, 2.45) is 0 Å². The number of rotatable bonds is 9. The number of nitrogens with one attached hydrogen (secondary N) is 2. The summed E-state index contributed by atoms with van der Waals surface area (Å²) in [4.78, 5) is 34.1. The highest BCUT2D eigenvalue weighted by atomic mass is 32.1. The Morgan fingerprint density at radius 2 is 2.05 bits per heavy atom. The maximum Gasteiger partial charge on any atom is 0.326 e. The van der Waals surface area contributed by atoms with Crippen LogP contribution in [0, 0.1) is 0 Å². The minimum atomic E-state index is -1.17. The highest BCUT2D eigenvalue weighted by Crippen LogP contribution is 2.08. The van der Waals surface area contributed by atoms with Crippen LogP contribution in [0.25, 0.3) is 0 Å². The number of carboxylic acid groups (broad SMARTS) is 2. The van der Waals surface area contributed by atoms with Gasteiger partial charge in [-0.3, -0.25) is 4.79 Å². The number of carbonyl (C=O) groups excluding carboxylic acids is 1. The molecular weight excluding hydrogens is 296 g/mol. The van der Waals surface area contributed by atoms with Crippen LogP contribution >= 0.6 is 11.3 Å². The summed E-state index contributed by atoms with van der Waals surface area (Å²) in [5.41, 5.74) is 0. The van der Waals surface area contributed by atoms with Crippen molar-refractivity contribution in [2.75, 3.05) is 6.54 Å². The predicted molar refractivity (Wildman–Crippen MR) is 77.5 cm³/mol. The molecule has 1 heterocycles. The number of thiophene rings is 1. The fourth-order valence-electron chi connectivity index (χ4n) is 1.68. The number of urea groups is 1. The molecule has 0 fully saturated rings. The molecule has 0 radical (unpaired) electrons. The van der Waals surface area contributed by atoms with Crippen LogP contribution in [-0.2, 0) is 16.0 Å². The molecule has 116 valence electrons. The quantitative estimate of drug-likeness (QED) is 0.548. The lowest BCUT2D eigenvalue weighted by Gasteiger charge is -2.14. The Bertz CT molecular complexity index is 475. The van der Waals surface area contributed by atoms with Crippen LogP contribution in [0.1, 0.15) is 24.1 Å². The zero-order valence-corrected chi connectivity index (χ0v) is 12.2. The molecule has 21 heavy (non-hydrogen) atoms. The van der Waals surface area contributed by atoms with Crippen LogP contribution in [0.3, 0.4) is 0 Å². The molecule has 1 atom stereocenters. The van der Waals surface area contributed by atoms with Crippen LogP contribution in [0.5, 0.6) is 0 Å². The Labute approximate surface area is 126 Å². The molecule has 8 heteroatoms. The standard InChI is InChI=1S/C13H18N2O5S/c16-11(17)5-1-4-10(12(18)19)15-13(20)14-7-6-9-3-2-8-21-9/h2-3,8,10H,1,4-7H2,(H,16,17)(H,18,19)(H2,14,15,20)/t10-/m1/s1. The van der Waals surface area contributed by atoms with Gasteiger partial charge >= 0.3 is 18.0 Å². The van der Waals surface area contributed by atoms with Crippen LogP contribution in [0.4, 0.5) is 4.79 Å². The number of carbonyl (C=O) groups is 3. The van der Waals surface area contributed by atoms with Gasteiger partial charge in [0.05, 0.1) is 0 Å². The lowest BCUT2D eigenvalue weighted by molar-refractivity contribution is -0.140. The molecular formula is C13H18N2O5S. The highest BCUT2D eigenvalue weighted by molar-refractivity contribution is 7.09. The van der Waals surface area contributed by atoms with E-state index in [0.717, 1.165) is 4.88 Å². The molecule has 0 aliphatic rings. The predicted octanol–water partition coefficient (Wildman–Crippen LogP) is 1.30. The molecule has 1 rings (SSSR count). The van der Waals surface area contributed by atoms with Crippen molar-refractivity contribution in [2.45, 2.75) is 31.7 Å². The van der Waals surface area contributed by atoms with E-state index in [1.54, 1.807) is 11.3 Å². The third-order valence-electron chi connectivity index (χ3n) is 2.72. The average molecular weight is 314 g/mol. The third kappa shape index (κ3) is 7.31. The summed E-state index contributed by atoms with van der Waals surface area (Å²) in [5, 5.41) is 24.3. The van der Waals surface area contributed by atoms with Crippen molar-refractivity contribution in [3.8, 4) is 0 Å². The number of hydrogen-bond acceptors (Lipinski definition) is 4. The van der Waals surface area contributed by atoms with E-state index in [1.807, 2.05) is 17.5 Å². The van der Waals surface area contributed by atoms with E-state index in [9.17, 15) is 14.4 Å². The molecule has 0 saturated carbocycles. The second kappa shape index (κ2) is 8.96. The lowest BCUT2D eigenvalue weighted by atomic mass is 10.1. The van der Waals surface area contributed by atoms with Gasteiger partial charge in [0.25, 0.3) is 0 Å². The molecule has 0 aliphatic heterocycles. The zero-order valence-electron chi connectivity index (χ0n) is 11.4. The normalized spacial score (nSPS) is 11.6. The Kier molecular flexibility index (Phi) is 7.24. The van der Waals surface area contributed by atoms with Gasteiger partial charge in [-0.05, 0) is 30.7 Å². The second-order valence-corrected chi connectivity index (χ2v) is 5.44.